The number of carbonyl (C=O) groups excluding carboxylic acids is 1. The second-order valence-corrected chi connectivity index (χ2v) is 7.20. The van der Waals surface area contributed by atoms with Crippen molar-refractivity contribution >= 4 is 43.3 Å². The number of hydrogen-bond donors (Lipinski definition) is 2. The molecule has 1 aromatic rings. The van der Waals surface area contributed by atoms with Crippen molar-refractivity contribution in [3.05, 3.63) is 28.7 Å². The van der Waals surface area contributed by atoms with Gasteiger partial charge in [0.2, 0.25) is 5.91 Å². The molecule has 0 fully saturated rings. The minimum atomic E-state index is -4.02. The minimum absolute atomic E-state index is 0.0815. The Morgan fingerprint density at radius 2 is 2.05 bits per heavy atom. The first kappa shape index (κ1) is 16.6. The molecule has 0 bridgehead atoms. The van der Waals surface area contributed by atoms with Crippen LogP contribution in [0.2, 0.25) is 0 Å². The van der Waals surface area contributed by atoms with Crippen LogP contribution >= 0.6 is 15.9 Å². The van der Waals surface area contributed by atoms with E-state index in [0.717, 1.165) is 4.47 Å². The number of nitrogens with one attached hydrogen (secondary N) is 1. The summed E-state index contributed by atoms with van der Waals surface area (Å²) in [5.41, 5.74) is 0.433. The highest BCUT2D eigenvalue weighted by atomic mass is 79.9. The zero-order valence-corrected chi connectivity index (χ0v) is 13.1. The maximum absolute atomic E-state index is 11.8. The van der Waals surface area contributed by atoms with E-state index in [2.05, 4.69) is 21.2 Å². The Morgan fingerprint density at radius 3 is 2.55 bits per heavy atom. The molecule has 1 aromatic carbocycles. The van der Waals surface area contributed by atoms with Crippen LogP contribution in [0.3, 0.4) is 0 Å². The van der Waals surface area contributed by atoms with Gasteiger partial charge in [-0.1, -0.05) is 28.9 Å². The SMILES string of the molecule is CCC(C(=O)O)S(=O)(=O)CC(=O)Nc1cccc(Br)c1. The van der Waals surface area contributed by atoms with Crippen LogP contribution in [-0.2, 0) is 19.4 Å². The van der Waals surface area contributed by atoms with Gasteiger partial charge in [0.1, 0.15) is 5.75 Å². The predicted octanol–water partition coefficient (Wildman–Crippen LogP) is 1.67. The summed E-state index contributed by atoms with van der Waals surface area (Å²) in [5, 5.41) is 9.69. The smallest absolute Gasteiger partial charge is 0.321 e. The fourth-order valence-electron chi connectivity index (χ4n) is 1.63. The van der Waals surface area contributed by atoms with Crippen LogP contribution in [0.15, 0.2) is 28.7 Å². The highest BCUT2D eigenvalue weighted by Gasteiger charge is 2.32. The summed E-state index contributed by atoms with van der Waals surface area (Å²) in [7, 11) is -4.02. The van der Waals surface area contributed by atoms with Crippen LogP contribution in [-0.4, -0.2) is 36.4 Å². The minimum Gasteiger partial charge on any atom is -0.480 e. The Balaban J connectivity index is 2.78. The van der Waals surface area contributed by atoms with Crippen molar-refractivity contribution in [1.29, 1.82) is 0 Å². The molecule has 1 unspecified atom stereocenters. The molecule has 0 aliphatic rings. The zero-order valence-electron chi connectivity index (χ0n) is 10.7. The summed E-state index contributed by atoms with van der Waals surface area (Å²) in [5.74, 6) is -3.06. The summed E-state index contributed by atoms with van der Waals surface area (Å²) >= 11 is 3.22. The van der Waals surface area contributed by atoms with E-state index in [1.54, 1.807) is 24.3 Å². The van der Waals surface area contributed by atoms with Gasteiger partial charge in [0.15, 0.2) is 15.1 Å². The van der Waals surface area contributed by atoms with Gasteiger partial charge in [0, 0.05) is 10.2 Å². The molecule has 0 aromatic heterocycles. The Hall–Kier alpha value is -1.41. The van der Waals surface area contributed by atoms with Crippen LogP contribution < -0.4 is 5.32 Å². The molecule has 6 nitrogen and oxygen atoms in total. The van der Waals surface area contributed by atoms with Gasteiger partial charge in [-0.15, -0.1) is 0 Å². The maximum Gasteiger partial charge on any atom is 0.321 e. The largest absolute Gasteiger partial charge is 0.480 e. The van der Waals surface area contributed by atoms with Crippen LogP contribution in [0.5, 0.6) is 0 Å². The second kappa shape index (κ2) is 6.85. The third-order valence-corrected chi connectivity index (χ3v) is 5.08. The quantitative estimate of drug-likeness (QED) is 0.800. The van der Waals surface area contributed by atoms with Gasteiger partial charge in [-0.2, -0.15) is 0 Å². The van der Waals surface area contributed by atoms with Crippen molar-refractivity contribution in [2.75, 3.05) is 11.1 Å². The number of carbonyl (C=O) groups is 2. The van der Waals surface area contributed by atoms with E-state index < -0.39 is 32.7 Å². The Labute approximate surface area is 125 Å². The molecule has 110 valence electrons. The number of benzene rings is 1. The van der Waals surface area contributed by atoms with Crippen LogP contribution in [0.4, 0.5) is 5.69 Å². The summed E-state index contributed by atoms with van der Waals surface area (Å²) < 4.78 is 24.4. The van der Waals surface area contributed by atoms with Crippen molar-refractivity contribution in [3.63, 3.8) is 0 Å². The van der Waals surface area contributed by atoms with E-state index in [9.17, 15) is 18.0 Å². The molecular weight excluding hydrogens is 350 g/mol. The van der Waals surface area contributed by atoms with Crippen molar-refractivity contribution in [1.82, 2.24) is 0 Å². The molecule has 0 aliphatic carbocycles. The lowest BCUT2D eigenvalue weighted by Gasteiger charge is -2.11. The number of aliphatic carboxylic acids is 1. The maximum atomic E-state index is 11.8. The number of sulfone groups is 1. The molecule has 0 aliphatic heterocycles. The lowest BCUT2D eigenvalue weighted by Crippen LogP contribution is -2.35. The first-order valence-electron chi connectivity index (χ1n) is 5.76. The fourth-order valence-corrected chi connectivity index (χ4v) is 3.48. The van der Waals surface area contributed by atoms with Crippen molar-refractivity contribution in [2.45, 2.75) is 18.6 Å². The summed E-state index contributed by atoms with van der Waals surface area (Å²) in [6.07, 6.45) is -0.0815. The topological polar surface area (TPSA) is 101 Å². The van der Waals surface area contributed by atoms with Gasteiger partial charge >= 0.3 is 5.97 Å². The molecule has 0 saturated carbocycles. The Morgan fingerprint density at radius 1 is 1.40 bits per heavy atom. The van der Waals surface area contributed by atoms with E-state index in [1.165, 1.54) is 6.92 Å². The van der Waals surface area contributed by atoms with E-state index >= 15 is 0 Å². The van der Waals surface area contributed by atoms with E-state index in [1.807, 2.05) is 0 Å². The van der Waals surface area contributed by atoms with Gasteiger partial charge in [0.25, 0.3) is 0 Å². The Bertz CT molecular complexity index is 614. The standard InChI is InChI=1S/C12H14BrNO5S/c1-2-10(12(16)17)20(18,19)7-11(15)14-9-5-3-4-8(13)6-9/h3-6,10H,2,7H2,1H3,(H,14,15)(H,16,17). The number of amides is 1. The van der Waals surface area contributed by atoms with Gasteiger partial charge < -0.3 is 10.4 Å². The van der Waals surface area contributed by atoms with E-state index in [0.29, 0.717) is 5.69 Å². The van der Waals surface area contributed by atoms with Crippen LogP contribution in [0.25, 0.3) is 0 Å². The molecular formula is C12H14BrNO5S. The third kappa shape index (κ3) is 4.61. The highest BCUT2D eigenvalue weighted by Crippen LogP contribution is 2.16. The third-order valence-electron chi connectivity index (χ3n) is 2.52. The average Bonchev–Trinajstić information content (AvgIpc) is 2.27. The van der Waals surface area contributed by atoms with Gasteiger partial charge in [-0.25, -0.2) is 8.42 Å². The molecule has 0 heterocycles. The molecule has 0 spiro atoms. The van der Waals surface area contributed by atoms with Crippen molar-refractivity contribution in [3.8, 4) is 0 Å². The van der Waals surface area contributed by atoms with Gasteiger partial charge in [-0.05, 0) is 24.6 Å². The van der Waals surface area contributed by atoms with Gasteiger partial charge in [0.05, 0.1) is 0 Å². The highest BCUT2D eigenvalue weighted by molar-refractivity contribution is 9.10. The zero-order chi connectivity index (χ0) is 15.3. The monoisotopic (exact) mass is 363 g/mol. The summed E-state index contributed by atoms with van der Waals surface area (Å²) in [4.78, 5) is 22.5. The molecule has 20 heavy (non-hydrogen) atoms. The fraction of sp³-hybridized carbons (Fsp3) is 0.333. The molecule has 1 rings (SSSR count). The number of rotatable bonds is 6. The van der Waals surface area contributed by atoms with Crippen molar-refractivity contribution < 1.29 is 23.1 Å². The van der Waals surface area contributed by atoms with Crippen molar-refractivity contribution in [2.24, 2.45) is 0 Å². The number of halogens is 1. The molecule has 1 atom stereocenters. The molecule has 1 amide bonds. The normalized spacial score (nSPS) is 12.7. The number of hydrogen-bond acceptors (Lipinski definition) is 4. The van der Waals surface area contributed by atoms with Gasteiger partial charge in [-0.3, -0.25) is 9.59 Å². The molecule has 2 N–H and O–H groups in total. The van der Waals surface area contributed by atoms with Crippen LogP contribution in [0, 0.1) is 0 Å². The summed E-state index contributed by atoms with van der Waals surface area (Å²) in [6, 6.07) is 6.65. The summed E-state index contributed by atoms with van der Waals surface area (Å²) in [6.45, 7) is 1.45. The number of carboxylic acids is 1. The number of anilines is 1. The molecule has 0 radical (unpaired) electrons. The lowest BCUT2D eigenvalue weighted by atomic mass is 10.3. The predicted molar refractivity (Wildman–Crippen MR) is 78.3 cm³/mol. The first-order chi connectivity index (χ1) is 9.26. The van der Waals surface area contributed by atoms with Crippen LogP contribution in [0.1, 0.15) is 13.3 Å². The molecule has 8 heteroatoms. The van der Waals surface area contributed by atoms with E-state index in [4.69, 9.17) is 5.11 Å². The van der Waals surface area contributed by atoms with E-state index in [-0.39, 0.29) is 6.42 Å². The first-order valence-corrected chi connectivity index (χ1v) is 8.27. The second-order valence-electron chi connectivity index (χ2n) is 4.10. The average molecular weight is 364 g/mol. The molecule has 0 saturated heterocycles. The Kier molecular flexibility index (Phi) is 5.70. The lowest BCUT2D eigenvalue weighted by molar-refractivity contribution is -0.136. The number of carboxylic acid groups (broad SMARTS) is 1.